The van der Waals surface area contributed by atoms with Crippen LogP contribution in [0.1, 0.15) is 48.2 Å². The molecule has 2 saturated heterocycles. The molecule has 0 unspecified atom stereocenters. The fraction of sp³-hybridized carbons (Fsp3) is 0.308. The number of benzene rings is 4. The van der Waals surface area contributed by atoms with Crippen molar-refractivity contribution in [3.05, 3.63) is 177 Å². The van der Waals surface area contributed by atoms with E-state index in [4.69, 9.17) is 14.6 Å². The quantitative estimate of drug-likeness (QED) is 0.107. The van der Waals surface area contributed by atoms with Crippen LogP contribution >= 0.6 is 0 Å². The van der Waals surface area contributed by atoms with Crippen molar-refractivity contribution >= 4 is 21.8 Å². The first-order valence-corrected chi connectivity index (χ1v) is 22.8. The van der Waals surface area contributed by atoms with Gasteiger partial charge in [0.2, 0.25) is 0 Å². The van der Waals surface area contributed by atoms with Crippen molar-refractivity contribution in [1.82, 2.24) is 38.5 Å². The Morgan fingerprint density at radius 3 is 1.45 bits per heavy atom. The van der Waals surface area contributed by atoms with Gasteiger partial charge < -0.3 is 19.3 Å². The molecule has 0 spiro atoms. The zero-order valence-electron chi connectivity index (χ0n) is 37.4. The summed E-state index contributed by atoms with van der Waals surface area (Å²) in [5, 5.41) is 9.72. The van der Waals surface area contributed by atoms with Gasteiger partial charge in [0.15, 0.2) is 5.69 Å². The molecule has 0 amide bonds. The van der Waals surface area contributed by atoms with Crippen LogP contribution < -0.4 is 20.6 Å². The summed E-state index contributed by atoms with van der Waals surface area (Å²) in [6.07, 6.45) is 3.51. The first-order chi connectivity index (χ1) is 32.6. The predicted octanol–water partition coefficient (Wildman–Crippen LogP) is 9.05. The Balaban J connectivity index is 0.000000169. The first-order valence-electron chi connectivity index (χ1n) is 22.8. The molecule has 0 N–H and O–H groups in total. The van der Waals surface area contributed by atoms with Crippen LogP contribution in [0.3, 0.4) is 0 Å². The zero-order valence-corrected chi connectivity index (χ0v) is 37.4. The van der Waals surface area contributed by atoms with Crippen LogP contribution in [0, 0.1) is 6.92 Å². The van der Waals surface area contributed by atoms with Crippen LogP contribution in [0.4, 0.5) is 13.2 Å². The van der Waals surface area contributed by atoms with Crippen LogP contribution in [0.25, 0.3) is 33.2 Å². The number of ether oxygens (including phenoxy) is 2. The van der Waals surface area contributed by atoms with Gasteiger partial charge in [-0.25, -0.2) is 0 Å². The number of aryl methyl sites for hydroxylation is 1. The minimum absolute atomic E-state index is 0.0206. The van der Waals surface area contributed by atoms with E-state index < -0.39 is 17.4 Å². The van der Waals surface area contributed by atoms with Crippen molar-refractivity contribution in [2.45, 2.75) is 65.1 Å². The number of alkyl halides is 3. The van der Waals surface area contributed by atoms with E-state index in [0.717, 1.165) is 72.4 Å². The number of pyridine rings is 2. The Morgan fingerprint density at radius 1 is 0.537 bits per heavy atom. The molecule has 2 aliphatic rings. The Bertz CT molecular complexity index is 3060. The lowest BCUT2D eigenvalue weighted by Gasteiger charge is -2.14. The highest BCUT2D eigenvalue weighted by Gasteiger charge is 2.37. The Labute approximate surface area is 386 Å². The van der Waals surface area contributed by atoms with E-state index in [1.165, 1.54) is 53.5 Å². The topological polar surface area (TPSA) is 105 Å². The van der Waals surface area contributed by atoms with Gasteiger partial charge in [0.25, 0.3) is 11.1 Å². The third-order valence-corrected chi connectivity index (χ3v) is 12.4. The molecule has 67 heavy (non-hydrogen) atoms. The third-order valence-electron chi connectivity index (χ3n) is 12.4. The van der Waals surface area contributed by atoms with Crippen molar-refractivity contribution in [3.8, 4) is 22.9 Å². The maximum Gasteiger partial charge on any atom is 0.435 e. The zero-order chi connectivity index (χ0) is 46.3. The Hall–Kier alpha value is -6.97. The van der Waals surface area contributed by atoms with Crippen molar-refractivity contribution in [2.24, 2.45) is 0 Å². The summed E-state index contributed by atoms with van der Waals surface area (Å²) in [6, 6.07) is 36.5. The molecule has 6 heterocycles. The Kier molecular flexibility index (Phi) is 13.7. The molecule has 12 nitrogen and oxygen atoms in total. The van der Waals surface area contributed by atoms with Crippen molar-refractivity contribution in [1.29, 1.82) is 0 Å². The van der Waals surface area contributed by atoms with Gasteiger partial charge in [0.05, 0.1) is 29.8 Å². The molecule has 10 rings (SSSR count). The van der Waals surface area contributed by atoms with E-state index in [1.807, 2.05) is 79.7 Å². The van der Waals surface area contributed by atoms with E-state index in [-0.39, 0.29) is 10.9 Å². The van der Waals surface area contributed by atoms with E-state index in [0.29, 0.717) is 49.0 Å². The molecule has 2 aliphatic heterocycles. The third kappa shape index (κ3) is 10.8. The molecule has 4 aromatic carbocycles. The number of fused-ring (bicyclic) bond motifs is 2. The van der Waals surface area contributed by atoms with E-state index in [1.54, 1.807) is 35.0 Å². The molecule has 4 aromatic heterocycles. The lowest BCUT2D eigenvalue weighted by Crippen LogP contribution is -2.24. The standard InChI is InChI=1S/C26H25F3N4O2.C26H28N4O2/c27-26(28,29)25-22-16-20(8-9-23(22)33(30-25)15-14-31-11-4-5-12-31)32-13-10-21(17-24(32)34)35-18-19-6-2-1-3-7-19;1-20-24-17-22(9-10-25(24)30(27-20)16-15-28-12-5-6-13-28)29-14-11-23(18-26(29)31)32-19-21-7-3-2-4-8-21/h1-3,6-10,13,16-17H,4-5,11-12,14-15,18H2;2-4,7-11,14,17-18H,5-6,12-13,15-16,19H2,1H3. The highest BCUT2D eigenvalue weighted by atomic mass is 19.4. The number of nitrogens with zero attached hydrogens (tertiary/aromatic N) is 8. The van der Waals surface area contributed by atoms with Crippen LogP contribution in [0.5, 0.6) is 11.5 Å². The minimum Gasteiger partial charge on any atom is -0.489 e. The average molecular weight is 911 g/mol. The van der Waals surface area contributed by atoms with E-state index >= 15 is 0 Å². The number of halogens is 3. The minimum atomic E-state index is -4.60. The molecule has 0 aliphatic carbocycles. The summed E-state index contributed by atoms with van der Waals surface area (Å²) in [5.41, 5.74) is 4.24. The van der Waals surface area contributed by atoms with Crippen LogP contribution in [0.15, 0.2) is 143 Å². The van der Waals surface area contributed by atoms with Gasteiger partial charge in [-0.05, 0) is 118 Å². The fourth-order valence-electron chi connectivity index (χ4n) is 8.84. The highest BCUT2D eigenvalue weighted by molar-refractivity contribution is 5.85. The second-order valence-electron chi connectivity index (χ2n) is 17.1. The van der Waals surface area contributed by atoms with Gasteiger partial charge in [-0.15, -0.1) is 0 Å². The van der Waals surface area contributed by atoms with Gasteiger partial charge >= 0.3 is 6.18 Å². The summed E-state index contributed by atoms with van der Waals surface area (Å²) in [7, 11) is 0. The maximum absolute atomic E-state index is 13.8. The van der Waals surface area contributed by atoms with Crippen LogP contribution in [0.2, 0.25) is 0 Å². The fourth-order valence-corrected chi connectivity index (χ4v) is 8.84. The number of aromatic nitrogens is 6. The van der Waals surface area contributed by atoms with Crippen molar-refractivity contribution in [3.63, 3.8) is 0 Å². The number of hydrogen-bond donors (Lipinski definition) is 0. The molecule has 8 aromatic rings. The molecule has 0 radical (unpaired) electrons. The Morgan fingerprint density at radius 2 is 0.985 bits per heavy atom. The van der Waals surface area contributed by atoms with E-state index in [9.17, 15) is 22.8 Å². The monoisotopic (exact) mass is 910 g/mol. The highest BCUT2D eigenvalue weighted by Crippen LogP contribution is 2.35. The van der Waals surface area contributed by atoms with Crippen molar-refractivity contribution in [2.75, 3.05) is 39.3 Å². The molecule has 0 bridgehead atoms. The molecule has 0 saturated carbocycles. The molecule has 346 valence electrons. The van der Waals surface area contributed by atoms with Crippen molar-refractivity contribution < 1.29 is 22.6 Å². The molecular weight excluding hydrogens is 858 g/mol. The van der Waals surface area contributed by atoms with E-state index in [2.05, 4.69) is 31.7 Å². The molecule has 0 atom stereocenters. The summed E-state index contributed by atoms with van der Waals surface area (Å²) < 4.78 is 59.3. The second kappa shape index (κ2) is 20.3. The lowest BCUT2D eigenvalue weighted by atomic mass is 10.1. The number of rotatable bonds is 14. The number of hydrogen-bond acceptors (Lipinski definition) is 8. The summed E-state index contributed by atoms with van der Waals surface area (Å²) in [6.45, 7) is 10.0. The smallest absolute Gasteiger partial charge is 0.435 e. The summed E-state index contributed by atoms with van der Waals surface area (Å²) in [5.74, 6) is 0.962. The molecule has 15 heteroatoms. The van der Waals surface area contributed by atoms with Crippen LogP contribution in [-0.4, -0.2) is 77.8 Å². The molecule has 2 fully saturated rings. The lowest BCUT2D eigenvalue weighted by molar-refractivity contribution is -0.140. The predicted molar refractivity (Wildman–Crippen MR) is 253 cm³/mol. The first kappa shape index (κ1) is 45.2. The maximum atomic E-state index is 13.8. The molecular formula is C52H53F3N8O4. The summed E-state index contributed by atoms with van der Waals surface area (Å²) in [4.78, 5) is 30.3. The second-order valence-corrected chi connectivity index (χ2v) is 17.1. The number of likely N-dealkylation sites (tertiary alicyclic amines) is 2. The SMILES string of the molecule is Cc1nn(CCN2CCCC2)c2ccc(-n3ccc(OCc4ccccc4)cc3=O)cc12.O=c1cc(OCc2ccccc2)ccn1-c1ccc2c(c1)c(C(F)(F)F)nn2CCN1CCCC1. The average Bonchev–Trinajstić information content (AvgIpc) is 4.18. The van der Waals surface area contributed by atoms with Gasteiger partial charge in [-0.1, -0.05) is 60.7 Å². The van der Waals surface area contributed by atoms with Gasteiger partial charge in [-0.2, -0.15) is 23.4 Å². The van der Waals surface area contributed by atoms with Gasteiger partial charge in [-0.3, -0.25) is 28.1 Å². The van der Waals surface area contributed by atoms with Gasteiger partial charge in [0, 0.05) is 59.8 Å². The van der Waals surface area contributed by atoms with Crippen LogP contribution in [-0.2, 0) is 32.5 Å². The summed E-state index contributed by atoms with van der Waals surface area (Å²) >= 11 is 0. The normalized spacial score (nSPS) is 14.4. The van der Waals surface area contributed by atoms with Gasteiger partial charge in [0.1, 0.15) is 24.7 Å². The largest absolute Gasteiger partial charge is 0.489 e.